The monoisotopic (exact) mass is 437 g/mol. The first-order valence-corrected chi connectivity index (χ1v) is 11.7. The Kier molecular flexibility index (Phi) is 6.33. The molecule has 0 radical (unpaired) electrons. The number of para-hydroxylation sites is 1. The van der Waals surface area contributed by atoms with Crippen molar-refractivity contribution >= 4 is 27.3 Å². The third-order valence-corrected chi connectivity index (χ3v) is 8.17. The van der Waals surface area contributed by atoms with Crippen LogP contribution >= 0.6 is 11.3 Å². The molecule has 7 nitrogen and oxygen atoms in total. The average Bonchev–Trinajstić information content (AvgIpc) is 3.23. The van der Waals surface area contributed by atoms with Crippen molar-refractivity contribution < 1.29 is 17.9 Å². The summed E-state index contributed by atoms with van der Waals surface area (Å²) in [5.41, 5.74) is -0.253. The summed E-state index contributed by atoms with van der Waals surface area (Å²) in [6.07, 6.45) is 0. The Morgan fingerprint density at radius 1 is 1.21 bits per heavy atom. The second-order valence-electron chi connectivity index (χ2n) is 7.65. The molecule has 1 aliphatic rings. The molecule has 0 spiro atoms. The van der Waals surface area contributed by atoms with E-state index in [9.17, 15) is 13.2 Å². The Hall–Kier alpha value is -1.94. The van der Waals surface area contributed by atoms with E-state index in [1.54, 1.807) is 37.3 Å². The Morgan fingerprint density at radius 2 is 1.93 bits per heavy atom. The third-order valence-electron chi connectivity index (χ3n) is 5.12. The number of benzene rings is 1. The number of ether oxygens (including phenoxy) is 1. The Balaban J connectivity index is 1.80. The highest BCUT2D eigenvalue weighted by Crippen LogP contribution is 2.32. The molecule has 0 bridgehead atoms. The van der Waals surface area contributed by atoms with Gasteiger partial charge in [-0.25, -0.2) is 8.42 Å². The van der Waals surface area contributed by atoms with Crippen LogP contribution in [0.15, 0.2) is 46.0 Å². The van der Waals surface area contributed by atoms with Crippen molar-refractivity contribution in [2.45, 2.75) is 29.6 Å². The predicted octanol–water partition coefficient (Wildman–Crippen LogP) is 2.33. The SMILES string of the molecule is COc1ccccc1[C@H]1CN(C(=O)C(C)(C)NS(=O)(=O)c2cccs2)CCN1C. The molecule has 9 heteroatoms. The fraction of sp³-hybridized carbons (Fsp3) is 0.450. The molecule has 29 heavy (non-hydrogen) atoms. The van der Waals surface area contributed by atoms with Crippen LogP contribution in [0.2, 0.25) is 0 Å². The summed E-state index contributed by atoms with van der Waals surface area (Å²) in [5, 5.41) is 1.70. The summed E-state index contributed by atoms with van der Waals surface area (Å²) in [6, 6.07) is 10.9. The van der Waals surface area contributed by atoms with Gasteiger partial charge in [-0.3, -0.25) is 9.69 Å². The van der Waals surface area contributed by atoms with Crippen LogP contribution in [0, 0.1) is 0 Å². The van der Waals surface area contributed by atoms with Gasteiger partial charge in [0.25, 0.3) is 10.0 Å². The standard InChI is InChI=1S/C20H27N3O4S2/c1-20(2,21-29(25,26)18-10-7-13-28-18)19(24)23-12-11-22(3)16(14-23)15-8-5-6-9-17(15)27-4/h5-10,13,16,21H,11-12,14H2,1-4H3/t16-/m1/s1. The van der Waals surface area contributed by atoms with E-state index in [0.29, 0.717) is 19.6 Å². The maximum Gasteiger partial charge on any atom is 0.251 e. The van der Waals surface area contributed by atoms with Gasteiger partial charge in [0.2, 0.25) is 5.91 Å². The number of carbonyl (C=O) groups excluding carboxylic acids is 1. The first-order valence-electron chi connectivity index (χ1n) is 9.36. The molecule has 0 saturated carbocycles. The van der Waals surface area contributed by atoms with E-state index in [2.05, 4.69) is 9.62 Å². The van der Waals surface area contributed by atoms with Gasteiger partial charge < -0.3 is 9.64 Å². The zero-order valence-corrected chi connectivity index (χ0v) is 18.7. The van der Waals surface area contributed by atoms with E-state index in [1.165, 1.54) is 6.07 Å². The van der Waals surface area contributed by atoms with E-state index < -0.39 is 15.6 Å². The minimum atomic E-state index is -3.75. The Labute approximate surface area is 176 Å². The van der Waals surface area contributed by atoms with Crippen LogP contribution in [0.4, 0.5) is 0 Å². The van der Waals surface area contributed by atoms with Crippen LogP contribution in [0.3, 0.4) is 0 Å². The molecule has 1 aromatic heterocycles. The fourth-order valence-corrected chi connectivity index (χ4v) is 5.94. The van der Waals surface area contributed by atoms with Crippen LogP contribution in [-0.4, -0.2) is 63.5 Å². The number of nitrogens with one attached hydrogen (secondary N) is 1. The summed E-state index contributed by atoms with van der Waals surface area (Å²) >= 11 is 1.12. The molecule has 1 fully saturated rings. The largest absolute Gasteiger partial charge is 0.496 e. The number of amides is 1. The molecule has 0 aliphatic carbocycles. The lowest BCUT2D eigenvalue weighted by Gasteiger charge is -2.42. The van der Waals surface area contributed by atoms with Gasteiger partial charge in [-0.1, -0.05) is 24.3 Å². The molecular weight excluding hydrogens is 410 g/mol. The highest BCUT2D eigenvalue weighted by atomic mass is 32.2. The van der Waals surface area contributed by atoms with E-state index in [-0.39, 0.29) is 16.2 Å². The summed E-state index contributed by atoms with van der Waals surface area (Å²) in [4.78, 5) is 17.2. The van der Waals surface area contributed by atoms with Crippen molar-refractivity contribution in [1.29, 1.82) is 0 Å². The number of likely N-dealkylation sites (N-methyl/N-ethyl adjacent to an activating group) is 1. The molecule has 2 aromatic rings. The molecule has 2 heterocycles. The second kappa shape index (κ2) is 8.43. The van der Waals surface area contributed by atoms with Crippen LogP contribution in [0.5, 0.6) is 5.75 Å². The van der Waals surface area contributed by atoms with E-state index in [4.69, 9.17) is 4.74 Å². The molecule has 158 valence electrons. The lowest BCUT2D eigenvalue weighted by Crippen LogP contribution is -2.59. The average molecular weight is 438 g/mol. The van der Waals surface area contributed by atoms with Crippen LogP contribution in [0.25, 0.3) is 0 Å². The van der Waals surface area contributed by atoms with Crippen LogP contribution < -0.4 is 9.46 Å². The van der Waals surface area contributed by atoms with Crippen LogP contribution in [0.1, 0.15) is 25.5 Å². The smallest absolute Gasteiger partial charge is 0.251 e. The van der Waals surface area contributed by atoms with Gasteiger partial charge in [-0.2, -0.15) is 4.72 Å². The number of methoxy groups -OCH3 is 1. The normalized spacial score (nSPS) is 18.6. The van der Waals surface area contributed by atoms with Gasteiger partial charge in [-0.15, -0.1) is 11.3 Å². The van der Waals surface area contributed by atoms with Gasteiger partial charge in [0.1, 0.15) is 15.5 Å². The van der Waals surface area contributed by atoms with Gasteiger partial charge in [-0.05, 0) is 38.4 Å². The fourth-order valence-electron chi connectivity index (χ4n) is 3.58. The van der Waals surface area contributed by atoms with Crippen molar-refractivity contribution in [3.05, 3.63) is 47.3 Å². The second-order valence-corrected chi connectivity index (χ2v) is 10.5. The number of hydrogen-bond acceptors (Lipinski definition) is 6. The molecule has 1 atom stereocenters. The van der Waals surface area contributed by atoms with Crippen LogP contribution in [-0.2, 0) is 14.8 Å². The highest BCUT2D eigenvalue weighted by molar-refractivity contribution is 7.91. The van der Waals surface area contributed by atoms with Gasteiger partial charge in [0.15, 0.2) is 0 Å². The molecule has 0 unspecified atom stereocenters. The van der Waals surface area contributed by atoms with Gasteiger partial charge >= 0.3 is 0 Å². The molecule has 1 saturated heterocycles. The van der Waals surface area contributed by atoms with Crippen molar-refractivity contribution in [3.8, 4) is 5.75 Å². The minimum absolute atomic E-state index is 0.0337. The summed E-state index contributed by atoms with van der Waals surface area (Å²) < 4.78 is 33.5. The zero-order valence-electron chi connectivity index (χ0n) is 17.1. The van der Waals surface area contributed by atoms with Crippen molar-refractivity contribution in [1.82, 2.24) is 14.5 Å². The maximum absolute atomic E-state index is 13.3. The Morgan fingerprint density at radius 3 is 2.59 bits per heavy atom. The lowest BCUT2D eigenvalue weighted by atomic mass is 9.99. The van der Waals surface area contributed by atoms with Gasteiger partial charge in [0.05, 0.1) is 13.2 Å². The summed E-state index contributed by atoms with van der Waals surface area (Å²) in [5.74, 6) is 0.530. The summed E-state index contributed by atoms with van der Waals surface area (Å²) in [7, 11) is -0.105. The third kappa shape index (κ3) is 4.63. The quantitative estimate of drug-likeness (QED) is 0.750. The first-order chi connectivity index (χ1) is 13.7. The van der Waals surface area contributed by atoms with Gasteiger partial charge in [0, 0.05) is 25.2 Å². The lowest BCUT2D eigenvalue weighted by molar-refractivity contribution is -0.139. The topological polar surface area (TPSA) is 79.0 Å². The van der Waals surface area contributed by atoms with E-state index in [0.717, 1.165) is 22.6 Å². The number of hydrogen-bond donors (Lipinski definition) is 1. The minimum Gasteiger partial charge on any atom is -0.496 e. The maximum atomic E-state index is 13.3. The predicted molar refractivity (Wildman–Crippen MR) is 114 cm³/mol. The van der Waals surface area contributed by atoms with Crippen molar-refractivity contribution in [2.24, 2.45) is 0 Å². The number of carbonyl (C=O) groups is 1. The number of nitrogens with zero attached hydrogens (tertiary/aromatic N) is 2. The molecular formula is C20H27N3O4S2. The van der Waals surface area contributed by atoms with E-state index >= 15 is 0 Å². The van der Waals surface area contributed by atoms with Crippen molar-refractivity contribution in [2.75, 3.05) is 33.8 Å². The number of thiophene rings is 1. The number of piperazine rings is 1. The molecule has 1 aliphatic heterocycles. The zero-order chi connectivity index (χ0) is 21.2. The molecule has 1 N–H and O–H groups in total. The van der Waals surface area contributed by atoms with Crippen molar-refractivity contribution in [3.63, 3.8) is 0 Å². The highest BCUT2D eigenvalue weighted by Gasteiger charge is 2.39. The first kappa shape index (κ1) is 21.8. The molecule has 1 amide bonds. The van der Waals surface area contributed by atoms with E-state index in [1.807, 2.05) is 31.3 Å². The molecule has 3 rings (SSSR count). The number of sulfonamides is 1. The number of rotatable bonds is 6. The summed E-state index contributed by atoms with van der Waals surface area (Å²) in [6.45, 7) is 4.89. The molecule has 1 aromatic carbocycles. The Bertz CT molecular complexity index is 958.